The van der Waals surface area contributed by atoms with Crippen LogP contribution < -0.4 is 5.73 Å². The van der Waals surface area contributed by atoms with E-state index >= 15 is 0 Å². The Morgan fingerprint density at radius 1 is 1.47 bits per heavy atom. The molecule has 78 valence electrons. The minimum atomic E-state index is 0.808. The van der Waals surface area contributed by atoms with Crippen molar-refractivity contribution >= 4 is 17.4 Å². The summed E-state index contributed by atoms with van der Waals surface area (Å²) in [6.45, 7) is 0. The van der Waals surface area contributed by atoms with Crippen molar-refractivity contribution in [1.82, 2.24) is 9.55 Å². The normalized spacial score (nSPS) is 10.5. The predicted octanol–water partition coefficient (Wildman–Crippen LogP) is 2.32. The summed E-state index contributed by atoms with van der Waals surface area (Å²) in [6.07, 6.45) is 7.60. The van der Waals surface area contributed by atoms with E-state index in [2.05, 4.69) is 11.2 Å². The SMILES string of the molecule is CSCc1cc(N)ccc1-n1ccnc1. The first kappa shape index (κ1) is 10.1. The van der Waals surface area contributed by atoms with Crippen molar-refractivity contribution in [3.63, 3.8) is 0 Å². The molecule has 0 aliphatic carbocycles. The third kappa shape index (κ3) is 2.15. The molecule has 0 atom stereocenters. The van der Waals surface area contributed by atoms with Crippen LogP contribution in [0.3, 0.4) is 0 Å². The van der Waals surface area contributed by atoms with Gasteiger partial charge in [0, 0.05) is 23.8 Å². The molecule has 0 unspecified atom stereocenters. The zero-order chi connectivity index (χ0) is 10.7. The molecule has 0 bridgehead atoms. The van der Waals surface area contributed by atoms with Gasteiger partial charge in [-0.2, -0.15) is 11.8 Å². The van der Waals surface area contributed by atoms with E-state index in [-0.39, 0.29) is 0 Å². The van der Waals surface area contributed by atoms with Crippen molar-refractivity contribution in [2.45, 2.75) is 5.75 Å². The van der Waals surface area contributed by atoms with E-state index < -0.39 is 0 Å². The van der Waals surface area contributed by atoms with Gasteiger partial charge in [0.15, 0.2) is 0 Å². The number of nitrogen functional groups attached to an aromatic ring is 1. The smallest absolute Gasteiger partial charge is 0.0991 e. The van der Waals surface area contributed by atoms with Crippen LogP contribution in [0.25, 0.3) is 5.69 Å². The van der Waals surface area contributed by atoms with Crippen LogP contribution in [0, 0.1) is 0 Å². The van der Waals surface area contributed by atoms with Gasteiger partial charge in [0.2, 0.25) is 0 Å². The quantitative estimate of drug-likeness (QED) is 0.806. The van der Waals surface area contributed by atoms with Crippen LogP contribution in [-0.2, 0) is 5.75 Å². The fourth-order valence-electron chi connectivity index (χ4n) is 1.53. The fraction of sp³-hybridized carbons (Fsp3) is 0.182. The average molecular weight is 219 g/mol. The van der Waals surface area contributed by atoms with Crippen molar-refractivity contribution in [3.05, 3.63) is 42.5 Å². The maximum Gasteiger partial charge on any atom is 0.0991 e. The second-order valence-corrected chi connectivity index (χ2v) is 4.16. The van der Waals surface area contributed by atoms with Gasteiger partial charge >= 0.3 is 0 Å². The zero-order valence-corrected chi connectivity index (χ0v) is 9.37. The van der Waals surface area contributed by atoms with Crippen LogP contribution in [0.4, 0.5) is 5.69 Å². The third-order valence-corrected chi connectivity index (χ3v) is 2.79. The van der Waals surface area contributed by atoms with Gasteiger partial charge in [-0.3, -0.25) is 0 Å². The molecule has 0 spiro atoms. The summed E-state index contributed by atoms with van der Waals surface area (Å²) in [5.41, 5.74) is 8.97. The summed E-state index contributed by atoms with van der Waals surface area (Å²) < 4.78 is 2.00. The lowest BCUT2D eigenvalue weighted by atomic mass is 10.2. The first-order chi connectivity index (χ1) is 7.31. The van der Waals surface area contributed by atoms with Gasteiger partial charge in [-0.15, -0.1) is 0 Å². The van der Waals surface area contributed by atoms with Gasteiger partial charge in [0.25, 0.3) is 0 Å². The lowest BCUT2D eigenvalue weighted by molar-refractivity contribution is 1.04. The molecule has 0 saturated carbocycles. The summed E-state index contributed by atoms with van der Waals surface area (Å²) >= 11 is 1.79. The predicted molar refractivity (Wildman–Crippen MR) is 65.2 cm³/mol. The molecule has 1 aromatic carbocycles. The van der Waals surface area contributed by atoms with Crippen LogP contribution in [0.1, 0.15) is 5.56 Å². The van der Waals surface area contributed by atoms with Crippen LogP contribution in [0.5, 0.6) is 0 Å². The molecule has 0 aliphatic heterocycles. The minimum Gasteiger partial charge on any atom is -0.399 e. The van der Waals surface area contributed by atoms with Gasteiger partial charge in [0.1, 0.15) is 0 Å². The first-order valence-corrected chi connectivity index (χ1v) is 6.06. The molecule has 1 heterocycles. The first-order valence-electron chi connectivity index (χ1n) is 4.67. The van der Waals surface area contributed by atoms with Gasteiger partial charge in [0.05, 0.1) is 12.0 Å². The highest BCUT2D eigenvalue weighted by atomic mass is 32.2. The highest BCUT2D eigenvalue weighted by Crippen LogP contribution is 2.21. The van der Waals surface area contributed by atoms with Gasteiger partial charge in [-0.25, -0.2) is 4.98 Å². The number of rotatable bonds is 3. The Hall–Kier alpha value is -1.42. The molecule has 0 amide bonds. The number of nitrogens with two attached hydrogens (primary N) is 1. The molecule has 2 N–H and O–H groups in total. The van der Waals surface area contributed by atoms with Crippen LogP contribution >= 0.6 is 11.8 Å². The standard InChI is InChI=1S/C11H13N3S/c1-15-7-9-6-10(12)2-3-11(9)14-5-4-13-8-14/h2-6,8H,7,12H2,1H3. The fourth-order valence-corrected chi connectivity index (χ4v) is 2.07. The monoisotopic (exact) mass is 219 g/mol. The Morgan fingerprint density at radius 2 is 2.33 bits per heavy atom. The van der Waals surface area contributed by atoms with Gasteiger partial charge < -0.3 is 10.3 Å². The summed E-state index contributed by atoms with van der Waals surface area (Å²) in [6, 6.07) is 5.97. The van der Waals surface area contributed by atoms with E-state index in [1.54, 1.807) is 24.3 Å². The summed E-state index contributed by atoms with van der Waals surface area (Å²) in [5, 5.41) is 0. The second-order valence-electron chi connectivity index (χ2n) is 3.29. The number of thioether (sulfide) groups is 1. The van der Waals surface area contributed by atoms with E-state index in [1.165, 1.54) is 5.56 Å². The second kappa shape index (κ2) is 4.40. The maximum atomic E-state index is 5.78. The molecule has 2 aromatic rings. The van der Waals surface area contributed by atoms with Crippen molar-refractivity contribution in [3.8, 4) is 5.69 Å². The molecule has 3 nitrogen and oxygen atoms in total. The molecule has 15 heavy (non-hydrogen) atoms. The average Bonchev–Trinajstić information content (AvgIpc) is 2.71. The highest BCUT2D eigenvalue weighted by Gasteiger charge is 2.03. The molecular weight excluding hydrogens is 206 g/mol. The topological polar surface area (TPSA) is 43.8 Å². The van der Waals surface area contributed by atoms with Gasteiger partial charge in [-0.1, -0.05) is 0 Å². The molecule has 1 aromatic heterocycles. The van der Waals surface area contributed by atoms with E-state index in [9.17, 15) is 0 Å². The number of nitrogens with zero attached hydrogens (tertiary/aromatic N) is 2. The summed E-state index contributed by atoms with van der Waals surface area (Å²) in [7, 11) is 0. The van der Waals surface area contributed by atoms with E-state index in [1.807, 2.05) is 29.0 Å². The maximum absolute atomic E-state index is 5.78. The number of hydrogen-bond donors (Lipinski definition) is 1. The van der Waals surface area contributed by atoms with Crippen molar-refractivity contribution < 1.29 is 0 Å². The number of aromatic nitrogens is 2. The van der Waals surface area contributed by atoms with Crippen molar-refractivity contribution in [2.75, 3.05) is 12.0 Å². The zero-order valence-electron chi connectivity index (χ0n) is 8.55. The molecule has 0 aliphatic rings. The number of imidazole rings is 1. The minimum absolute atomic E-state index is 0.808. The number of benzene rings is 1. The molecule has 4 heteroatoms. The Kier molecular flexibility index (Phi) is 2.97. The van der Waals surface area contributed by atoms with Gasteiger partial charge in [-0.05, 0) is 30.0 Å². The lowest BCUT2D eigenvalue weighted by Crippen LogP contribution is -1.98. The highest BCUT2D eigenvalue weighted by molar-refractivity contribution is 7.97. The number of anilines is 1. The van der Waals surface area contributed by atoms with Crippen LogP contribution in [0.2, 0.25) is 0 Å². The Bertz CT molecular complexity index is 437. The van der Waals surface area contributed by atoms with E-state index in [0.29, 0.717) is 0 Å². The van der Waals surface area contributed by atoms with Crippen molar-refractivity contribution in [2.24, 2.45) is 0 Å². The van der Waals surface area contributed by atoms with E-state index in [0.717, 1.165) is 17.1 Å². The Morgan fingerprint density at radius 3 is 3.00 bits per heavy atom. The largest absolute Gasteiger partial charge is 0.399 e. The van der Waals surface area contributed by atoms with Crippen LogP contribution in [-0.4, -0.2) is 15.8 Å². The Labute approximate surface area is 93.3 Å². The molecule has 0 radical (unpaired) electrons. The third-order valence-electron chi connectivity index (χ3n) is 2.19. The molecular formula is C11H13N3S. The van der Waals surface area contributed by atoms with Crippen LogP contribution in [0.15, 0.2) is 36.9 Å². The summed E-state index contributed by atoms with van der Waals surface area (Å²) in [5.74, 6) is 0.957. The number of hydrogen-bond acceptors (Lipinski definition) is 3. The van der Waals surface area contributed by atoms with Crippen molar-refractivity contribution in [1.29, 1.82) is 0 Å². The molecule has 0 saturated heterocycles. The Balaban J connectivity index is 2.46. The van der Waals surface area contributed by atoms with E-state index in [4.69, 9.17) is 5.73 Å². The molecule has 0 fully saturated rings. The molecule has 2 rings (SSSR count). The summed E-state index contributed by atoms with van der Waals surface area (Å²) in [4.78, 5) is 4.05. The lowest BCUT2D eigenvalue weighted by Gasteiger charge is -2.09.